The molecule has 3 aromatic rings. The van der Waals surface area contributed by atoms with Gasteiger partial charge in [0.25, 0.3) is 0 Å². The topological polar surface area (TPSA) is 73.8 Å². The van der Waals surface area contributed by atoms with E-state index in [4.69, 9.17) is 16.3 Å². The Hall–Kier alpha value is -3.13. The number of hydrogen-bond acceptors (Lipinski definition) is 4. The molecule has 0 aliphatic carbocycles. The van der Waals surface area contributed by atoms with E-state index in [-0.39, 0.29) is 28.7 Å². The lowest BCUT2D eigenvalue weighted by atomic mass is 9.78. The first-order chi connectivity index (χ1) is 20.2. The molecule has 1 fully saturated rings. The Kier molecular flexibility index (Phi) is 10.4. The number of amides is 2. The van der Waals surface area contributed by atoms with Crippen molar-refractivity contribution in [2.24, 2.45) is 0 Å². The third kappa shape index (κ3) is 8.94. The van der Waals surface area contributed by atoms with E-state index < -0.39 is 0 Å². The van der Waals surface area contributed by atoms with Crippen molar-refractivity contribution in [3.05, 3.63) is 93.3 Å². The summed E-state index contributed by atoms with van der Waals surface area (Å²) in [7, 11) is 0. The number of aryl methyl sites for hydroxylation is 2. The van der Waals surface area contributed by atoms with Crippen LogP contribution in [0.5, 0.6) is 5.75 Å². The van der Waals surface area contributed by atoms with E-state index in [2.05, 4.69) is 69.2 Å². The van der Waals surface area contributed by atoms with Crippen LogP contribution in [0.1, 0.15) is 69.4 Å². The predicted molar refractivity (Wildman–Crippen MR) is 173 cm³/mol. The number of halogens is 2. The molecule has 1 unspecified atom stereocenters. The van der Waals surface area contributed by atoms with Gasteiger partial charge in [-0.25, -0.2) is 9.18 Å². The van der Waals surface area contributed by atoms with Gasteiger partial charge < -0.3 is 20.5 Å². The second-order valence-electron chi connectivity index (χ2n) is 13.5. The first-order valence-corrected chi connectivity index (χ1v) is 15.3. The van der Waals surface area contributed by atoms with Crippen LogP contribution in [0.25, 0.3) is 0 Å². The van der Waals surface area contributed by atoms with Gasteiger partial charge in [0, 0.05) is 30.3 Å². The summed E-state index contributed by atoms with van der Waals surface area (Å²) in [6.45, 7) is 15.6. The van der Waals surface area contributed by atoms with Crippen molar-refractivity contribution in [1.82, 2.24) is 10.2 Å². The minimum atomic E-state index is -0.314. The van der Waals surface area contributed by atoms with Gasteiger partial charge in [0.15, 0.2) is 0 Å². The lowest BCUT2D eigenvalue weighted by molar-refractivity contribution is -0.00983. The van der Waals surface area contributed by atoms with Crippen LogP contribution in [-0.2, 0) is 35.0 Å². The van der Waals surface area contributed by atoms with Crippen molar-refractivity contribution in [3.8, 4) is 5.75 Å². The fourth-order valence-electron chi connectivity index (χ4n) is 5.43. The number of benzene rings is 3. The molecule has 0 saturated carbocycles. The summed E-state index contributed by atoms with van der Waals surface area (Å²) >= 11 is 6.34. The minimum absolute atomic E-state index is 0.00749. The fourth-order valence-corrected chi connectivity index (χ4v) is 5.60. The molecule has 1 aliphatic heterocycles. The van der Waals surface area contributed by atoms with Crippen LogP contribution in [0, 0.1) is 5.82 Å². The Morgan fingerprint density at radius 3 is 2.26 bits per heavy atom. The molecule has 0 spiro atoms. The number of carbonyl (C=O) groups excluding carboxylic acids is 1. The maximum Gasteiger partial charge on any atom is 0.319 e. The quantitative estimate of drug-likeness (QED) is 0.246. The average molecular weight is 610 g/mol. The molecule has 1 aliphatic rings. The molecule has 43 heavy (non-hydrogen) atoms. The Bertz CT molecular complexity index is 1380. The van der Waals surface area contributed by atoms with Crippen molar-refractivity contribution in [3.63, 3.8) is 0 Å². The standard InChI is InChI=1S/C35H45ClFN3O3/c1-34(2,3)29-17-24(18-30(32(29)41)35(4,5)6)7-10-25-11-12-26(36)19-31(25)39-33(42)38-20-28-22-43-16-15-40(28)21-23-8-13-27(37)14-9-23/h8-9,11-14,17-19,28,41H,7,10,15-16,20-22H2,1-6H3,(H2,38,39,42). The Labute approximate surface area is 260 Å². The van der Waals surface area contributed by atoms with Gasteiger partial charge in [-0.15, -0.1) is 0 Å². The number of carbonyl (C=O) groups is 1. The lowest BCUT2D eigenvalue weighted by Gasteiger charge is -2.35. The van der Waals surface area contributed by atoms with Gasteiger partial charge in [0.05, 0.1) is 19.3 Å². The summed E-state index contributed by atoms with van der Waals surface area (Å²) in [6, 6.07) is 16.0. The number of morpholine rings is 1. The molecule has 3 aromatic carbocycles. The number of phenolic OH excluding ortho intramolecular Hbond substituents is 1. The predicted octanol–water partition coefficient (Wildman–Crippen LogP) is 7.59. The summed E-state index contributed by atoms with van der Waals surface area (Å²) in [6.07, 6.45) is 1.43. The van der Waals surface area contributed by atoms with Crippen LogP contribution < -0.4 is 10.6 Å². The molecule has 8 heteroatoms. The van der Waals surface area contributed by atoms with Gasteiger partial charge in [0.2, 0.25) is 0 Å². The molecule has 0 aromatic heterocycles. The van der Waals surface area contributed by atoms with Gasteiger partial charge in [-0.3, -0.25) is 4.90 Å². The molecule has 1 heterocycles. The zero-order chi connectivity index (χ0) is 31.4. The van der Waals surface area contributed by atoms with Gasteiger partial charge in [-0.2, -0.15) is 0 Å². The molecule has 1 saturated heterocycles. The summed E-state index contributed by atoms with van der Waals surface area (Å²) in [4.78, 5) is 15.3. The molecular weight excluding hydrogens is 565 g/mol. The van der Waals surface area contributed by atoms with Crippen LogP contribution in [0.2, 0.25) is 5.02 Å². The SMILES string of the molecule is CC(C)(C)c1cc(CCc2ccc(Cl)cc2NC(=O)NCC2COCCN2Cc2ccc(F)cc2)cc(C(C)(C)C)c1O. The second-order valence-corrected chi connectivity index (χ2v) is 13.9. The van der Waals surface area contributed by atoms with Crippen LogP contribution in [0.3, 0.4) is 0 Å². The smallest absolute Gasteiger partial charge is 0.319 e. The summed E-state index contributed by atoms with van der Waals surface area (Å²) in [5.74, 6) is 0.113. The number of hydrogen-bond donors (Lipinski definition) is 3. The summed E-state index contributed by atoms with van der Waals surface area (Å²) in [5, 5.41) is 17.6. The third-order valence-corrected chi connectivity index (χ3v) is 8.17. The molecule has 232 valence electrons. The minimum Gasteiger partial charge on any atom is -0.507 e. The van der Waals surface area contributed by atoms with Crippen molar-refractivity contribution in [1.29, 1.82) is 0 Å². The third-order valence-electron chi connectivity index (χ3n) is 7.94. The zero-order valence-corrected chi connectivity index (χ0v) is 26.9. The van der Waals surface area contributed by atoms with Crippen LogP contribution >= 0.6 is 11.6 Å². The van der Waals surface area contributed by atoms with E-state index in [9.17, 15) is 14.3 Å². The van der Waals surface area contributed by atoms with Crippen LogP contribution in [0.15, 0.2) is 54.6 Å². The highest BCUT2D eigenvalue weighted by molar-refractivity contribution is 6.31. The van der Waals surface area contributed by atoms with E-state index in [0.29, 0.717) is 49.2 Å². The number of nitrogens with one attached hydrogen (secondary N) is 2. The van der Waals surface area contributed by atoms with Crippen LogP contribution in [-0.4, -0.2) is 48.4 Å². The lowest BCUT2D eigenvalue weighted by Crippen LogP contribution is -2.51. The second kappa shape index (κ2) is 13.7. The molecule has 3 N–H and O–H groups in total. The highest BCUT2D eigenvalue weighted by atomic mass is 35.5. The Morgan fingerprint density at radius 1 is 0.977 bits per heavy atom. The normalized spacial score (nSPS) is 16.2. The number of rotatable bonds is 8. The average Bonchev–Trinajstić information content (AvgIpc) is 2.92. The van der Waals surface area contributed by atoms with E-state index in [1.165, 1.54) is 12.1 Å². The molecule has 6 nitrogen and oxygen atoms in total. The first-order valence-electron chi connectivity index (χ1n) is 15.0. The van der Waals surface area contributed by atoms with Gasteiger partial charge >= 0.3 is 6.03 Å². The molecule has 2 amide bonds. The summed E-state index contributed by atoms with van der Waals surface area (Å²) < 4.78 is 19.0. The van der Waals surface area contributed by atoms with Gasteiger partial charge in [0.1, 0.15) is 11.6 Å². The van der Waals surface area contributed by atoms with E-state index in [1.807, 2.05) is 12.1 Å². The number of ether oxygens (including phenoxy) is 1. The maximum absolute atomic E-state index is 13.3. The summed E-state index contributed by atoms with van der Waals surface area (Å²) in [5.41, 5.74) is 5.25. The number of nitrogens with zero attached hydrogens (tertiary/aromatic N) is 1. The Balaban J connectivity index is 1.43. The largest absolute Gasteiger partial charge is 0.507 e. The van der Waals surface area contributed by atoms with Gasteiger partial charge in [-0.1, -0.05) is 83.5 Å². The molecule has 4 rings (SSSR count). The van der Waals surface area contributed by atoms with E-state index >= 15 is 0 Å². The zero-order valence-electron chi connectivity index (χ0n) is 26.2. The van der Waals surface area contributed by atoms with Crippen molar-refractivity contribution >= 4 is 23.3 Å². The number of aromatic hydroxyl groups is 1. The first kappa shape index (κ1) is 32.8. The monoisotopic (exact) mass is 609 g/mol. The molecular formula is C35H45ClFN3O3. The fraction of sp³-hybridized carbons (Fsp3) is 0.457. The highest BCUT2D eigenvalue weighted by Crippen LogP contribution is 2.40. The molecule has 1 atom stereocenters. The Morgan fingerprint density at radius 2 is 1.63 bits per heavy atom. The number of anilines is 1. The van der Waals surface area contributed by atoms with Crippen LogP contribution in [0.4, 0.5) is 14.9 Å². The molecule has 0 radical (unpaired) electrons. The number of urea groups is 1. The van der Waals surface area contributed by atoms with Crippen molar-refractivity contribution in [2.75, 3.05) is 31.6 Å². The molecule has 0 bridgehead atoms. The number of phenols is 1. The highest BCUT2D eigenvalue weighted by Gasteiger charge is 2.27. The van der Waals surface area contributed by atoms with E-state index in [1.54, 1.807) is 18.2 Å². The van der Waals surface area contributed by atoms with Crippen molar-refractivity contribution in [2.45, 2.75) is 77.8 Å². The van der Waals surface area contributed by atoms with E-state index in [0.717, 1.165) is 40.8 Å². The maximum atomic E-state index is 13.3. The van der Waals surface area contributed by atoms with Gasteiger partial charge in [-0.05, 0) is 75.8 Å². The van der Waals surface area contributed by atoms with Crippen molar-refractivity contribution < 1.29 is 19.0 Å².